The zero-order valence-corrected chi connectivity index (χ0v) is 15.4. The van der Waals surface area contributed by atoms with Crippen LogP contribution in [0.4, 0.5) is 10.1 Å². The summed E-state index contributed by atoms with van der Waals surface area (Å²) in [6, 6.07) is 12.6. The lowest BCUT2D eigenvalue weighted by Gasteiger charge is -2.28. The third kappa shape index (κ3) is 4.20. The van der Waals surface area contributed by atoms with Crippen molar-refractivity contribution in [2.75, 3.05) is 18.4 Å². The summed E-state index contributed by atoms with van der Waals surface area (Å²) in [4.78, 5) is 13.2. The van der Waals surface area contributed by atoms with Crippen molar-refractivity contribution < 1.29 is 9.18 Å². The molecular weight excluding hydrogens is 357 g/mol. The van der Waals surface area contributed by atoms with Gasteiger partial charge in [0, 0.05) is 37.1 Å². The van der Waals surface area contributed by atoms with E-state index in [1.807, 2.05) is 6.20 Å². The number of hydrogen-bond donors (Lipinski definition) is 2. The SMILES string of the molecule is NC(=O)CN1CCc2ccc(NCc3cnn(-c4ccc(F)cc4)c3)cc2C1. The number of carbonyl (C=O) groups is 1. The van der Waals surface area contributed by atoms with Crippen LogP contribution in [-0.2, 0) is 24.3 Å². The first-order chi connectivity index (χ1) is 13.6. The third-order valence-corrected chi connectivity index (χ3v) is 4.90. The number of nitrogens with two attached hydrogens (primary N) is 1. The first-order valence-corrected chi connectivity index (χ1v) is 9.22. The van der Waals surface area contributed by atoms with Crippen LogP contribution in [0.25, 0.3) is 5.69 Å². The van der Waals surface area contributed by atoms with Crippen LogP contribution in [0.2, 0.25) is 0 Å². The highest BCUT2D eigenvalue weighted by Crippen LogP contribution is 2.23. The minimum atomic E-state index is -0.295. The standard InChI is InChI=1S/C21H22FN5O/c22-18-2-5-20(6-3-18)27-12-15(11-25-27)10-24-19-4-1-16-7-8-26(14-21(23)28)13-17(16)9-19/h1-6,9,11-12,24H,7-8,10,13-14H2,(H2,23,28). The second kappa shape index (κ2) is 7.82. The molecular formula is C21H22FN5O. The lowest BCUT2D eigenvalue weighted by Crippen LogP contribution is -2.37. The maximum Gasteiger partial charge on any atom is 0.231 e. The van der Waals surface area contributed by atoms with E-state index < -0.39 is 0 Å². The average molecular weight is 379 g/mol. The van der Waals surface area contributed by atoms with Crippen LogP contribution in [0.5, 0.6) is 0 Å². The Morgan fingerprint density at radius 3 is 2.79 bits per heavy atom. The summed E-state index contributed by atoms with van der Waals surface area (Å²) in [5.41, 5.74) is 10.7. The number of carbonyl (C=O) groups excluding carboxylic acids is 1. The Labute approximate surface area is 162 Å². The molecule has 0 aliphatic carbocycles. The van der Waals surface area contributed by atoms with Crippen LogP contribution in [0.1, 0.15) is 16.7 Å². The van der Waals surface area contributed by atoms with Gasteiger partial charge in [-0.3, -0.25) is 9.69 Å². The van der Waals surface area contributed by atoms with Gasteiger partial charge in [0.25, 0.3) is 0 Å². The number of nitrogens with zero attached hydrogens (tertiary/aromatic N) is 3. The van der Waals surface area contributed by atoms with E-state index in [0.717, 1.165) is 36.4 Å². The van der Waals surface area contributed by atoms with Gasteiger partial charge in [0.2, 0.25) is 5.91 Å². The second-order valence-electron chi connectivity index (χ2n) is 7.03. The molecule has 0 saturated heterocycles. The van der Waals surface area contributed by atoms with Crippen LogP contribution in [0, 0.1) is 5.82 Å². The Balaban J connectivity index is 1.40. The topological polar surface area (TPSA) is 76.2 Å². The smallest absolute Gasteiger partial charge is 0.231 e. The van der Waals surface area contributed by atoms with Crippen LogP contribution >= 0.6 is 0 Å². The molecule has 7 heteroatoms. The van der Waals surface area contributed by atoms with Crippen molar-refractivity contribution in [3.63, 3.8) is 0 Å². The van der Waals surface area contributed by atoms with E-state index in [2.05, 4.69) is 33.5 Å². The fourth-order valence-corrected chi connectivity index (χ4v) is 3.47. The number of halogens is 1. The zero-order valence-electron chi connectivity index (χ0n) is 15.4. The van der Waals surface area contributed by atoms with Crippen molar-refractivity contribution in [2.24, 2.45) is 5.73 Å². The molecule has 1 aliphatic heterocycles. The van der Waals surface area contributed by atoms with Crippen molar-refractivity contribution in [3.8, 4) is 5.69 Å². The number of hydrogen-bond acceptors (Lipinski definition) is 4. The summed E-state index contributed by atoms with van der Waals surface area (Å²) >= 11 is 0. The zero-order chi connectivity index (χ0) is 19.5. The van der Waals surface area contributed by atoms with Crippen molar-refractivity contribution in [1.29, 1.82) is 0 Å². The number of amides is 1. The molecule has 0 atom stereocenters. The van der Waals surface area contributed by atoms with Crippen LogP contribution in [-0.4, -0.2) is 33.7 Å². The van der Waals surface area contributed by atoms with Crippen LogP contribution in [0.15, 0.2) is 54.9 Å². The first-order valence-electron chi connectivity index (χ1n) is 9.22. The average Bonchev–Trinajstić information content (AvgIpc) is 3.15. The molecule has 0 spiro atoms. The summed E-state index contributed by atoms with van der Waals surface area (Å²) in [5, 5.41) is 7.76. The van der Waals surface area contributed by atoms with Gasteiger partial charge >= 0.3 is 0 Å². The third-order valence-electron chi connectivity index (χ3n) is 4.90. The van der Waals surface area contributed by atoms with Gasteiger partial charge in [0.05, 0.1) is 18.4 Å². The minimum absolute atomic E-state index is 0.264. The van der Waals surface area contributed by atoms with Gasteiger partial charge in [-0.1, -0.05) is 6.07 Å². The Kier molecular flexibility index (Phi) is 5.08. The maximum absolute atomic E-state index is 13.1. The minimum Gasteiger partial charge on any atom is -0.381 e. The Morgan fingerprint density at radius 2 is 2.00 bits per heavy atom. The van der Waals surface area contributed by atoms with Gasteiger partial charge in [0.15, 0.2) is 0 Å². The molecule has 144 valence electrons. The molecule has 28 heavy (non-hydrogen) atoms. The molecule has 0 bridgehead atoms. The molecule has 2 heterocycles. The second-order valence-corrected chi connectivity index (χ2v) is 7.03. The van der Waals surface area contributed by atoms with E-state index >= 15 is 0 Å². The first kappa shape index (κ1) is 18.2. The number of anilines is 1. The van der Waals surface area contributed by atoms with E-state index in [-0.39, 0.29) is 11.7 Å². The molecule has 6 nitrogen and oxygen atoms in total. The highest BCUT2D eigenvalue weighted by atomic mass is 19.1. The normalized spacial score (nSPS) is 13.9. The van der Waals surface area contributed by atoms with E-state index in [1.54, 1.807) is 23.0 Å². The monoisotopic (exact) mass is 379 g/mol. The molecule has 1 aromatic heterocycles. The van der Waals surface area contributed by atoms with Gasteiger partial charge in [-0.2, -0.15) is 5.10 Å². The molecule has 3 aromatic rings. The van der Waals surface area contributed by atoms with Crippen molar-refractivity contribution >= 4 is 11.6 Å². The van der Waals surface area contributed by atoms with Crippen molar-refractivity contribution in [1.82, 2.24) is 14.7 Å². The van der Waals surface area contributed by atoms with Gasteiger partial charge in [0.1, 0.15) is 5.82 Å². The molecule has 1 aliphatic rings. The number of primary amides is 1. The molecule has 0 unspecified atom stereocenters. The lowest BCUT2D eigenvalue weighted by molar-refractivity contribution is -0.119. The predicted molar refractivity (Wildman–Crippen MR) is 105 cm³/mol. The number of nitrogens with one attached hydrogen (secondary N) is 1. The van der Waals surface area contributed by atoms with E-state index in [4.69, 9.17) is 5.73 Å². The maximum atomic E-state index is 13.1. The van der Waals surface area contributed by atoms with E-state index in [0.29, 0.717) is 13.1 Å². The highest BCUT2D eigenvalue weighted by Gasteiger charge is 2.17. The molecule has 0 fully saturated rings. The van der Waals surface area contributed by atoms with Crippen LogP contribution in [0.3, 0.4) is 0 Å². The molecule has 1 amide bonds. The summed E-state index contributed by atoms with van der Waals surface area (Å²) in [6.45, 7) is 2.51. The number of rotatable bonds is 6. The molecule has 4 rings (SSSR count). The van der Waals surface area contributed by atoms with E-state index in [1.165, 1.54) is 23.3 Å². The fraction of sp³-hybridized carbons (Fsp3) is 0.238. The molecule has 0 radical (unpaired) electrons. The predicted octanol–water partition coefficient (Wildman–Crippen LogP) is 2.47. The number of fused-ring (bicyclic) bond motifs is 1. The van der Waals surface area contributed by atoms with Gasteiger partial charge < -0.3 is 11.1 Å². The summed E-state index contributed by atoms with van der Waals surface area (Å²) in [6.07, 6.45) is 4.64. The fourth-order valence-electron chi connectivity index (χ4n) is 3.47. The number of benzene rings is 2. The Hall–Kier alpha value is -3.19. The van der Waals surface area contributed by atoms with E-state index in [9.17, 15) is 9.18 Å². The Bertz CT molecular complexity index is 983. The van der Waals surface area contributed by atoms with Gasteiger partial charge in [-0.15, -0.1) is 0 Å². The number of aromatic nitrogens is 2. The molecule has 2 aromatic carbocycles. The lowest BCUT2D eigenvalue weighted by atomic mass is 9.99. The summed E-state index contributed by atoms with van der Waals surface area (Å²) in [5.74, 6) is -0.560. The Morgan fingerprint density at radius 1 is 1.18 bits per heavy atom. The van der Waals surface area contributed by atoms with Gasteiger partial charge in [-0.05, 0) is 53.9 Å². The summed E-state index contributed by atoms with van der Waals surface area (Å²) < 4.78 is 14.8. The quantitative estimate of drug-likeness (QED) is 0.690. The molecule has 3 N–H and O–H groups in total. The van der Waals surface area contributed by atoms with Crippen molar-refractivity contribution in [3.05, 3.63) is 77.4 Å². The van der Waals surface area contributed by atoms with Crippen LogP contribution < -0.4 is 11.1 Å². The largest absolute Gasteiger partial charge is 0.381 e. The van der Waals surface area contributed by atoms with Crippen molar-refractivity contribution in [2.45, 2.75) is 19.5 Å². The molecule has 0 saturated carbocycles. The summed E-state index contributed by atoms with van der Waals surface area (Å²) in [7, 11) is 0. The van der Waals surface area contributed by atoms with Gasteiger partial charge in [-0.25, -0.2) is 9.07 Å². The highest BCUT2D eigenvalue weighted by molar-refractivity contribution is 5.76.